The van der Waals surface area contributed by atoms with Crippen LogP contribution in [0.25, 0.3) is 0 Å². The first-order valence-corrected chi connectivity index (χ1v) is 12.2. The molecule has 1 aliphatic rings. The zero-order chi connectivity index (χ0) is 26.1. The lowest BCUT2D eigenvalue weighted by Crippen LogP contribution is -2.26. The third kappa shape index (κ3) is 5.64. The van der Waals surface area contributed by atoms with Gasteiger partial charge in [-0.3, -0.25) is 9.48 Å². The molecular formula is C22H25ClF3N3O5S. The molecule has 1 atom stereocenters. The van der Waals surface area contributed by atoms with Crippen molar-refractivity contribution in [3.05, 3.63) is 32.4 Å². The van der Waals surface area contributed by atoms with Crippen molar-refractivity contribution in [1.82, 2.24) is 9.78 Å². The molecule has 0 radical (unpaired) electrons. The average Bonchev–Trinajstić information content (AvgIpc) is 3.47. The molecule has 0 bridgehead atoms. The fraction of sp³-hybridized carbons (Fsp3) is 0.545. The van der Waals surface area contributed by atoms with Crippen LogP contribution in [-0.2, 0) is 20.4 Å². The van der Waals surface area contributed by atoms with Crippen molar-refractivity contribution in [3.8, 4) is 0 Å². The van der Waals surface area contributed by atoms with E-state index in [0.717, 1.165) is 16.0 Å². The first-order chi connectivity index (χ1) is 16.4. The smallest absolute Gasteiger partial charge is 0.436 e. The van der Waals surface area contributed by atoms with Crippen molar-refractivity contribution in [3.63, 3.8) is 0 Å². The van der Waals surface area contributed by atoms with Crippen LogP contribution < -0.4 is 5.32 Å². The highest BCUT2D eigenvalue weighted by Gasteiger charge is 2.43. The van der Waals surface area contributed by atoms with Gasteiger partial charge in [0.2, 0.25) is 5.91 Å². The Bertz CT molecular complexity index is 1140. The number of alkyl halides is 3. The average molecular weight is 536 g/mol. The molecule has 1 amide bonds. The summed E-state index contributed by atoms with van der Waals surface area (Å²) >= 11 is 6.85. The van der Waals surface area contributed by atoms with Crippen LogP contribution in [0.1, 0.15) is 89.0 Å². The molecule has 0 spiro atoms. The van der Waals surface area contributed by atoms with Gasteiger partial charge < -0.3 is 14.8 Å². The van der Waals surface area contributed by atoms with Crippen LogP contribution in [0.15, 0.2) is 0 Å². The molecule has 35 heavy (non-hydrogen) atoms. The van der Waals surface area contributed by atoms with E-state index in [-0.39, 0.29) is 45.8 Å². The van der Waals surface area contributed by atoms with E-state index >= 15 is 0 Å². The molecular weight excluding hydrogens is 511 g/mol. The van der Waals surface area contributed by atoms with Gasteiger partial charge in [-0.15, -0.1) is 11.3 Å². The summed E-state index contributed by atoms with van der Waals surface area (Å²) in [4.78, 5) is 38.3. The van der Waals surface area contributed by atoms with Gasteiger partial charge in [0.25, 0.3) is 0 Å². The molecule has 13 heteroatoms. The second-order valence-corrected chi connectivity index (χ2v) is 9.44. The molecule has 2 aromatic rings. The molecule has 8 nitrogen and oxygen atoms in total. The number of rotatable bonds is 9. The van der Waals surface area contributed by atoms with Crippen molar-refractivity contribution in [2.24, 2.45) is 0 Å². The van der Waals surface area contributed by atoms with Gasteiger partial charge in [-0.05, 0) is 45.6 Å². The van der Waals surface area contributed by atoms with Gasteiger partial charge in [0.15, 0.2) is 5.69 Å². The number of amides is 1. The van der Waals surface area contributed by atoms with Crippen molar-refractivity contribution in [2.75, 3.05) is 18.5 Å². The van der Waals surface area contributed by atoms with E-state index in [4.69, 9.17) is 21.1 Å². The summed E-state index contributed by atoms with van der Waals surface area (Å²) in [6.07, 6.45) is -2.95. The first-order valence-electron chi connectivity index (χ1n) is 11.1. The number of halogens is 4. The lowest BCUT2D eigenvalue weighted by molar-refractivity contribution is -0.141. The van der Waals surface area contributed by atoms with Gasteiger partial charge in [-0.2, -0.15) is 18.3 Å². The van der Waals surface area contributed by atoms with Crippen LogP contribution in [0.4, 0.5) is 18.2 Å². The molecule has 1 saturated carbocycles. The first kappa shape index (κ1) is 27.0. The van der Waals surface area contributed by atoms with Crippen LogP contribution in [0.3, 0.4) is 0 Å². The number of carbonyl (C=O) groups is 3. The van der Waals surface area contributed by atoms with Crippen LogP contribution in [-0.4, -0.2) is 40.8 Å². The number of carbonyl (C=O) groups excluding carboxylic acids is 3. The summed E-state index contributed by atoms with van der Waals surface area (Å²) in [5.74, 6) is -2.36. The van der Waals surface area contributed by atoms with Crippen molar-refractivity contribution in [2.45, 2.75) is 65.1 Å². The Hall–Kier alpha value is -2.60. The minimum atomic E-state index is -4.78. The summed E-state index contributed by atoms with van der Waals surface area (Å²) < 4.78 is 51.4. The molecule has 0 saturated heterocycles. The molecule has 1 unspecified atom stereocenters. The van der Waals surface area contributed by atoms with Crippen LogP contribution in [0, 0.1) is 6.92 Å². The Labute approximate surface area is 208 Å². The number of hydrogen-bond donors (Lipinski definition) is 1. The maximum atomic E-state index is 13.4. The van der Waals surface area contributed by atoms with E-state index in [1.807, 2.05) is 6.92 Å². The summed E-state index contributed by atoms with van der Waals surface area (Å²) in [7, 11) is 0. The summed E-state index contributed by atoms with van der Waals surface area (Å²) in [5, 5.41) is 5.70. The number of esters is 2. The van der Waals surface area contributed by atoms with Gasteiger partial charge in [0.1, 0.15) is 15.9 Å². The Morgan fingerprint density at radius 1 is 1.23 bits per heavy atom. The van der Waals surface area contributed by atoms with E-state index in [1.54, 1.807) is 6.92 Å². The van der Waals surface area contributed by atoms with Crippen molar-refractivity contribution >= 4 is 45.8 Å². The lowest BCUT2D eigenvalue weighted by Gasteiger charge is -2.16. The molecule has 1 fully saturated rings. The van der Waals surface area contributed by atoms with Gasteiger partial charge in [0, 0.05) is 5.92 Å². The summed E-state index contributed by atoms with van der Waals surface area (Å²) in [5.41, 5.74) is -0.832. The monoisotopic (exact) mass is 535 g/mol. The number of anilines is 1. The molecule has 1 N–H and O–H groups in total. The highest BCUT2D eigenvalue weighted by Crippen LogP contribution is 2.47. The van der Waals surface area contributed by atoms with Gasteiger partial charge in [-0.25, -0.2) is 9.59 Å². The second-order valence-electron chi connectivity index (χ2n) is 8.05. The second kappa shape index (κ2) is 10.6. The Balaban J connectivity index is 1.97. The minimum Gasteiger partial charge on any atom is -0.462 e. The molecule has 0 aliphatic heterocycles. The zero-order valence-electron chi connectivity index (χ0n) is 19.5. The zero-order valence-corrected chi connectivity index (χ0v) is 21.1. The lowest BCUT2D eigenvalue weighted by atomic mass is 10.1. The van der Waals surface area contributed by atoms with E-state index in [0.29, 0.717) is 19.3 Å². The SMILES string of the molecule is CCCOC(=O)c1c(NC(=O)C(C)n2nc(C(F)(F)F)c(Cl)c2C2CC2)sc(C(=O)OCC)c1C. The van der Waals surface area contributed by atoms with Crippen LogP contribution in [0.2, 0.25) is 5.02 Å². The number of aromatic nitrogens is 2. The number of ether oxygens (including phenoxy) is 2. The normalized spacial score (nSPS) is 14.5. The largest absolute Gasteiger partial charge is 0.462 e. The predicted octanol–water partition coefficient (Wildman–Crippen LogP) is 5.75. The molecule has 192 valence electrons. The Kier molecular flexibility index (Phi) is 8.15. The number of hydrogen-bond acceptors (Lipinski definition) is 7. The number of nitrogens with one attached hydrogen (secondary N) is 1. The molecule has 3 rings (SSSR count). The standard InChI is InChI=1S/C22H25ClF3N3O5S/c1-5-9-34-20(31)13-10(3)16(21(32)33-6-2)35-19(13)27-18(30)11(4)29-15(12-7-8-12)14(23)17(28-29)22(24,25)26/h11-12H,5-9H2,1-4H3,(H,27,30). The van der Waals surface area contributed by atoms with Gasteiger partial charge in [-0.1, -0.05) is 18.5 Å². The predicted molar refractivity (Wildman–Crippen MR) is 123 cm³/mol. The molecule has 1 aliphatic carbocycles. The van der Waals surface area contributed by atoms with E-state index in [1.165, 1.54) is 13.8 Å². The molecule has 2 heterocycles. The quantitative estimate of drug-likeness (QED) is 0.411. The Morgan fingerprint density at radius 2 is 1.89 bits per heavy atom. The van der Waals surface area contributed by atoms with Gasteiger partial charge in [0.05, 0.1) is 29.5 Å². The van der Waals surface area contributed by atoms with E-state index in [2.05, 4.69) is 10.4 Å². The van der Waals surface area contributed by atoms with E-state index in [9.17, 15) is 27.6 Å². The number of thiophene rings is 1. The van der Waals surface area contributed by atoms with Crippen LogP contribution in [0.5, 0.6) is 0 Å². The molecule has 2 aromatic heterocycles. The highest BCUT2D eigenvalue weighted by atomic mass is 35.5. The highest BCUT2D eigenvalue weighted by molar-refractivity contribution is 7.18. The van der Waals surface area contributed by atoms with Crippen molar-refractivity contribution in [1.29, 1.82) is 0 Å². The minimum absolute atomic E-state index is 0.0102. The van der Waals surface area contributed by atoms with Gasteiger partial charge >= 0.3 is 18.1 Å². The fourth-order valence-electron chi connectivity index (χ4n) is 3.46. The topological polar surface area (TPSA) is 99.5 Å². The summed E-state index contributed by atoms with van der Waals surface area (Å²) in [6.45, 7) is 6.58. The maximum Gasteiger partial charge on any atom is 0.436 e. The van der Waals surface area contributed by atoms with Crippen LogP contribution >= 0.6 is 22.9 Å². The maximum absolute atomic E-state index is 13.4. The Morgan fingerprint density at radius 3 is 2.43 bits per heavy atom. The summed E-state index contributed by atoms with van der Waals surface area (Å²) in [6, 6.07) is -1.19. The third-order valence-electron chi connectivity index (χ3n) is 5.35. The van der Waals surface area contributed by atoms with Crippen molar-refractivity contribution < 1.29 is 37.0 Å². The van der Waals surface area contributed by atoms with E-state index < -0.39 is 40.8 Å². The third-order valence-corrected chi connectivity index (χ3v) is 6.91. The fourth-order valence-corrected chi connectivity index (χ4v) is 4.94. The molecule has 0 aromatic carbocycles. The number of nitrogens with zero attached hydrogens (tertiary/aromatic N) is 2.